The molecule has 1 amide bonds. The van der Waals surface area contributed by atoms with E-state index in [2.05, 4.69) is 5.32 Å². The number of sulfonamides is 1. The lowest BCUT2D eigenvalue weighted by atomic mass is 10.1. The first-order chi connectivity index (χ1) is 12.2. The number of ether oxygens (including phenoxy) is 1. The van der Waals surface area contributed by atoms with E-state index >= 15 is 0 Å². The van der Waals surface area contributed by atoms with Crippen molar-refractivity contribution in [1.29, 1.82) is 0 Å². The maximum absolute atomic E-state index is 12.3. The molecule has 0 aromatic heterocycles. The fourth-order valence-corrected chi connectivity index (χ4v) is 3.50. The lowest BCUT2D eigenvalue weighted by Gasteiger charge is -2.22. The Labute approximate surface area is 158 Å². The standard InChI is InChI=1S/C18H21ClN2O4S/c1-13-6-4-5-7-14(13)11-20-18(22)12-21(26(3,23)24)15-8-9-17(25-2)16(19)10-15/h4-10H,11-12H2,1-3H3,(H,20,22). The van der Waals surface area contributed by atoms with E-state index in [9.17, 15) is 13.2 Å². The van der Waals surface area contributed by atoms with Crippen LogP contribution >= 0.6 is 11.6 Å². The Hall–Kier alpha value is -2.25. The van der Waals surface area contributed by atoms with Gasteiger partial charge >= 0.3 is 0 Å². The maximum atomic E-state index is 12.3. The highest BCUT2D eigenvalue weighted by Gasteiger charge is 2.21. The Bertz CT molecular complexity index is 900. The summed E-state index contributed by atoms with van der Waals surface area (Å²) in [5.41, 5.74) is 2.32. The molecule has 0 radical (unpaired) electrons. The lowest BCUT2D eigenvalue weighted by molar-refractivity contribution is -0.119. The van der Waals surface area contributed by atoms with Gasteiger partial charge in [-0.05, 0) is 36.2 Å². The molecule has 8 heteroatoms. The molecular formula is C18H21ClN2O4S. The molecule has 2 aromatic carbocycles. The van der Waals surface area contributed by atoms with Crippen LogP contribution in [0.5, 0.6) is 5.75 Å². The van der Waals surface area contributed by atoms with Crippen LogP contribution < -0.4 is 14.4 Å². The molecular weight excluding hydrogens is 376 g/mol. The van der Waals surface area contributed by atoms with Gasteiger partial charge in [0.05, 0.1) is 24.1 Å². The molecule has 2 aromatic rings. The summed E-state index contributed by atoms with van der Waals surface area (Å²) in [6.45, 7) is 1.93. The number of methoxy groups -OCH3 is 1. The number of halogens is 1. The van der Waals surface area contributed by atoms with Crippen LogP contribution in [0.3, 0.4) is 0 Å². The zero-order valence-corrected chi connectivity index (χ0v) is 16.4. The van der Waals surface area contributed by atoms with E-state index in [4.69, 9.17) is 16.3 Å². The van der Waals surface area contributed by atoms with Crippen LogP contribution in [0.4, 0.5) is 5.69 Å². The van der Waals surface area contributed by atoms with Crippen LogP contribution in [0, 0.1) is 6.92 Å². The normalized spacial score (nSPS) is 11.1. The van der Waals surface area contributed by atoms with Crippen molar-refractivity contribution in [3.05, 3.63) is 58.6 Å². The molecule has 0 atom stereocenters. The van der Waals surface area contributed by atoms with Gasteiger partial charge in [-0.25, -0.2) is 8.42 Å². The van der Waals surface area contributed by atoms with Crippen molar-refractivity contribution in [2.75, 3.05) is 24.2 Å². The predicted molar refractivity (Wildman–Crippen MR) is 103 cm³/mol. The van der Waals surface area contributed by atoms with Gasteiger partial charge in [-0.1, -0.05) is 35.9 Å². The monoisotopic (exact) mass is 396 g/mol. The molecule has 0 heterocycles. The van der Waals surface area contributed by atoms with Gasteiger partial charge in [0.2, 0.25) is 15.9 Å². The zero-order valence-electron chi connectivity index (χ0n) is 14.8. The number of nitrogens with one attached hydrogen (secondary N) is 1. The lowest BCUT2D eigenvalue weighted by Crippen LogP contribution is -2.40. The fourth-order valence-electron chi connectivity index (χ4n) is 2.40. The van der Waals surface area contributed by atoms with Crippen molar-refractivity contribution >= 4 is 33.2 Å². The molecule has 0 fully saturated rings. The summed E-state index contributed by atoms with van der Waals surface area (Å²) in [6.07, 6.45) is 1.04. The predicted octanol–water partition coefficient (Wildman–Crippen LogP) is 2.74. The Balaban J connectivity index is 2.14. The smallest absolute Gasteiger partial charge is 0.241 e. The summed E-state index contributed by atoms with van der Waals surface area (Å²) in [5.74, 6) is 0.0125. The third kappa shape index (κ3) is 5.12. The number of carbonyl (C=O) groups is 1. The summed E-state index contributed by atoms with van der Waals surface area (Å²) in [5, 5.41) is 3.01. The van der Waals surface area contributed by atoms with Crippen LogP contribution in [-0.2, 0) is 21.4 Å². The van der Waals surface area contributed by atoms with E-state index in [0.29, 0.717) is 18.0 Å². The van der Waals surface area contributed by atoms with Crippen LogP contribution in [-0.4, -0.2) is 34.2 Å². The summed E-state index contributed by atoms with van der Waals surface area (Å²) in [7, 11) is -2.20. The molecule has 0 spiro atoms. The average Bonchev–Trinajstić information content (AvgIpc) is 2.58. The average molecular weight is 397 g/mol. The van der Waals surface area contributed by atoms with Crippen molar-refractivity contribution in [2.45, 2.75) is 13.5 Å². The van der Waals surface area contributed by atoms with Gasteiger partial charge in [0.25, 0.3) is 0 Å². The second-order valence-electron chi connectivity index (χ2n) is 5.79. The van der Waals surface area contributed by atoms with E-state index in [0.717, 1.165) is 21.7 Å². The second-order valence-corrected chi connectivity index (χ2v) is 8.11. The number of hydrogen-bond donors (Lipinski definition) is 1. The van der Waals surface area contributed by atoms with Crippen LogP contribution in [0.25, 0.3) is 0 Å². The second kappa shape index (κ2) is 8.42. The first-order valence-electron chi connectivity index (χ1n) is 7.85. The quantitative estimate of drug-likeness (QED) is 0.780. The third-order valence-corrected chi connectivity index (χ3v) is 5.28. The molecule has 0 aliphatic rings. The summed E-state index contributed by atoms with van der Waals surface area (Å²) >= 11 is 6.07. The van der Waals surface area contributed by atoms with Gasteiger partial charge in [0.1, 0.15) is 12.3 Å². The summed E-state index contributed by atoms with van der Waals surface area (Å²) < 4.78 is 30.3. The molecule has 0 aliphatic carbocycles. The number of amides is 1. The van der Waals surface area contributed by atoms with E-state index in [1.54, 1.807) is 12.1 Å². The largest absolute Gasteiger partial charge is 0.495 e. The number of aryl methyl sites for hydroxylation is 1. The molecule has 6 nitrogen and oxygen atoms in total. The fraction of sp³-hybridized carbons (Fsp3) is 0.278. The first-order valence-corrected chi connectivity index (χ1v) is 10.1. The van der Waals surface area contributed by atoms with Crippen molar-refractivity contribution in [1.82, 2.24) is 5.32 Å². The minimum absolute atomic E-state index is 0.263. The Morgan fingerprint density at radius 3 is 2.50 bits per heavy atom. The van der Waals surface area contributed by atoms with Gasteiger partial charge in [-0.15, -0.1) is 0 Å². The third-order valence-electron chi connectivity index (χ3n) is 3.85. The molecule has 26 heavy (non-hydrogen) atoms. The first kappa shape index (κ1) is 20.1. The molecule has 2 rings (SSSR count). The molecule has 140 valence electrons. The van der Waals surface area contributed by atoms with Crippen molar-refractivity contribution in [2.24, 2.45) is 0 Å². The van der Waals surface area contributed by atoms with Crippen LogP contribution in [0.2, 0.25) is 5.02 Å². The number of nitrogens with zero attached hydrogens (tertiary/aromatic N) is 1. The summed E-state index contributed by atoms with van der Waals surface area (Å²) in [4.78, 5) is 12.3. The van der Waals surface area contributed by atoms with E-state index in [1.807, 2.05) is 31.2 Å². The van der Waals surface area contributed by atoms with Crippen molar-refractivity contribution in [3.8, 4) is 5.75 Å². The van der Waals surface area contributed by atoms with Crippen LogP contribution in [0.15, 0.2) is 42.5 Å². The number of carbonyl (C=O) groups excluding carboxylic acids is 1. The van der Waals surface area contributed by atoms with Gasteiger partial charge in [0, 0.05) is 6.54 Å². The number of benzene rings is 2. The summed E-state index contributed by atoms with van der Waals surface area (Å²) in [6, 6.07) is 12.2. The Kier molecular flexibility index (Phi) is 6.50. The van der Waals surface area contributed by atoms with Crippen molar-refractivity contribution in [3.63, 3.8) is 0 Å². The molecule has 1 N–H and O–H groups in total. The number of anilines is 1. The topological polar surface area (TPSA) is 75.7 Å². The zero-order chi connectivity index (χ0) is 19.3. The minimum atomic E-state index is -3.67. The highest BCUT2D eigenvalue weighted by atomic mass is 35.5. The molecule has 0 unspecified atom stereocenters. The van der Waals surface area contributed by atoms with E-state index in [1.165, 1.54) is 13.2 Å². The van der Waals surface area contributed by atoms with Crippen LogP contribution in [0.1, 0.15) is 11.1 Å². The Morgan fingerprint density at radius 2 is 1.92 bits per heavy atom. The van der Waals surface area contributed by atoms with E-state index in [-0.39, 0.29) is 11.6 Å². The highest BCUT2D eigenvalue weighted by molar-refractivity contribution is 7.92. The molecule has 0 aliphatic heterocycles. The molecule has 0 bridgehead atoms. The molecule has 0 saturated carbocycles. The number of rotatable bonds is 7. The van der Waals surface area contributed by atoms with Gasteiger partial charge in [-0.3, -0.25) is 9.10 Å². The molecule has 0 saturated heterocycles. The number of hydrogen-bond acceptors (Lipinski definition) is 4. The van der Waals surface area contributed by atoms with E-state index < -0.39 is 15.9 Å². The highest BCUT2D eigenvalue weighted by Crippen LogP contribution is 2.30. The van der Waals surface area contributed by atoms with Gasteiger partial charge in [0.15, 0.2) is 0 Å². The van der Waals surface area contributed by atoms with Crippen molar-refractivity contribution < 1.29 is 17.9 Å². The van der Waals surface area contributed by atoms with Gasteiger partial charge in [-0.2, -0.15) is 0 Å². The SMILES string of the molecule is COc1ccc(N(CC(=O)NCc2ccccc2C)S(C)(=O)=O)cc1Cl. The Morgan fingerprint density at radius 1 is 1.23 bits per heavy atom. The maximum Gasteiger partial charge on any atom is 0.241 e. The van der Waals surface area contributed by atoms with Gasteiger partial charge < -0.3 is 10.1 Å². The minimum Gasteiger partial charge on any atom is -0.495 e.